The number of aromatic nitrogens is 3. The molecule has 0 atom stereocenters. The molecule has 19 heavy (non-hydrogen) atoms. The van der Waals surface area contributed by atoms with Crippen LogP contribution in [-0.2, 0) is 12.0 Å². The van der Waals surface area contributed by atoms with Gasteiger partial charge in [0, 0.05) is 10.8 Å². The van der Waals surface area contributed by atoms with E-state index in [0.29, 0.717) is 15.5 Å². The van der Waals surface area contributed by atoms with E-state index >= 15 is 0 Å². The summed E-state index contributed by atoms with van der Waals surface area (Å²) in [7, 11) is 0. The SMILES string of the molecule is CC(C)(C)c1csc(Cn2ncc(Br)c(Br)c2=O)n1. The summed E-state index contributed by atoms with van der Waals surface area (Å²) >= 11 is 8.06. The Morgan fingerprint density at radius 1 is 1.37 bits per heavy atom. The van der Waals surface area contributed by atoms with Crippen LogP contribution in [-0.4, -0.2) is 14.8 Å². The van der Waals surface area contributed by atoms with Gasteiger partial charge in [-0.1, -0.05) is 20.8 Å². The predicted molar refractivity (Wildman–Crippen MR) is 83.8 cm³/mol. The highest BCUT2D eigenvalue weighted by molar-refractivity contribution is 9.13. The zero-order valence-corrected chi connectivity index (χ0v) is 14.8. The van der Waals surface area contributed by atoms with Crippen molar-refractivity contribution in [3.63, 3.8) is 0 Å². The first-order chi connectivity index (χ1) is 8.79. The van der Waals surface area contributed by atoms with Crippen molar-refractivity contribution >= 4 is 43.2 Å². The minimum absolute atomic E-state index is 0.0213. The van der Waals surface area contributed by atoms with Gasteiger partial charge >= 0.3 is 0 Å². The number of hydrogen-bond acceptors (Lipinski definition) is 4. The first-order valence-electron chi connectivity index (χ1n) is 5.65. The molecule has 4 nitrogen and oxygen atoms in total. The predicted octanol–water partition coefficient (Wildman–Crippen LogP) is 3.57. The normalized spacial score (nSPS) is 11.8. The molecule has 0 saturated carbocycles. The van der Waals surface area contributed by atoms with E-state index in [1.165, 1.54) is 4.68 Å². The maximum atomic E-state index is 12.0. The molecule has 2 aromatic heterocycles. The third-order valence-electron chi connectivity index (χ3n) is 2.55. The Morgan fingerprint density at radius 2 is 2.05 bits per heavy atom. The summed E-state index contributed by atoms with van der Waals surface area (Å²) in [6.07, 6.45) is 1.60. The molecule has 102 valence electrons. The van der Waals surface area contributed by atoms with Gasteiger partial charge < -0.3 is 0 Å². The average Bonchev–Trinajstić information content (AvgIpc) is 2.78. The fraction of sp³-hybridized carbons (Fsp3) is 0.417. The van der Waals surface area contributed by atoms with Crippen LogP contribution in [0.3, 0.4) is 0 Å². The first kappa shape index (κ1) is 14.9. The number of nitrogens with zero attached hydrogens (tertiary/aromatic N) is 3. The third kappa shape index (κ3) is 3.32. The van der Waals surface area contributed by atoms with Crippen molar-refractivity contribution in [2.24, 2.45) is 0 Å². The number of hydrogen-bond donors (Lipinski definition) is 0. The molecule has 0 aromatic carbocycles. The van der Waals surface area contributed by atoms with Gasteiger partial charge in [-0.05, 0) is 31.9 Å². The van der Waals surface area contributed by atoms with Gasteiger partial charge in [-0.2, -0.15) is 5.10 Å². The Labute approximate surface area is 132 Å². The van der Waals surface area contributed by atoms with Crippen LogP contribution in [0.1, 0.15) is 31.5 Å². The molecular formula is C12H13Br2N3OS. The topological polar surface area (TPSA) is 47.8 Å². The van der Waals surface area contributed by atoms with Crippen LogP contribution in [0.5, 0.6) is 0 Å². The summed E-state index contributed by atoms with van der Waals surface area (Å²) in [5.41, 5.74) is 0.895. The highest BCUT2D eigenvalue weighted by Gasteiger charge is 2.18. The highest BCUT2D eigenvalue weighted by Crippen LogP contribution is 2.24. The summed E-state index contributed by atoms with van der Waals surface area (Å²) < 4.78 is 2.54. The summed E-state index contributed by atoms with van der Waals surface area (Å²) in [5.74, 6) is 0. The van der Waals surface area contributed by atoms with Crippen molar-refractivity contribution < 1.29 is 0 Å². The van der Waals surface area contributed by atoms with Crippen molar-refractivity contribution in [2.45, 2.75) is 32.7 Å². The molecule has 0 fully saturated rings. The van der Waals surface area contributed by atoms with Gasteiger partial charge in [0.1, 0.15) is 9.48 Å². The highest BCUT2D eigenvalue weighted by atomic mass is 79.9. The van der Waals surface area contributed by atoms with Crippen LogP contribution in [0.15, 0.2) is 25.3 Å². The van der Waals surface area contributed by atoms with E-state index in [1.807, 2.05) is 5.38 Å². The van der Waals surface area contributed by atoms with E-state index in [4.69, 9.17) is 0 Å². The Bertz CT molecular complexity index is 658. The summed E-state index contributed by atoms with van der Waals surface area (Å²) in [4.78, 5) is 16.6. The average molecular weight is 407 g/mol. The standard InChI is InChI=1S/C12H13Br2N3OS/c1-12(2,3)8-6-19-9(16-8)5-17-11(18)10(14)7(13)4-15-17/h4,6H,5H2,1-3H3. The molecule has 7 heteroatoms. The zero-order chi connectivity index (χ0) is 14.2. The van der Waals surface area contributed by atoms with Gasteiger partial charge in [0.05, 0.1) is 22.9 Å². The lowest BCUT2D eigenvalue weighted by molar-refractivity contribution is 0.565. The molecule has 2 aromatic rings. The van der Waals surface area contributed by atoms with Crippen molar-refractivity contribution in [3.8, 4) is 0 Å². The molecule has 0 amide bonds. The van der Waals surface area contributed by atoms with E-state index in [1.54, 1.807) is 17.5 Å². The van der Waals surface area contributed by atoms with Crippen LogP contribution < -0.4 is 5.56 Å². The van der Waals surface area contributed by atoms with E-state index in [2.05, 4.69) is 62.7 Å². The van der Waals surface area contributed by atoms with Gasteiger partial charge in [0.25, 0.3) is 5.56 Å². The maximum absolute atomic E-state index is 12.0. The van der Waals surface area contributed by atoms with E-state index in [0.717, 1.165) is 10.7 Å². The molecule has 0 radical (unpaired) electrons. The van der Waals surface area contributed by atoms with Gasteiger partial charge in [0.2, 0.25) is 0 Å². The maximum Gasteiger partial charge on any atom is 0.282 e. The summed E-state index contributed by atoms with van der Waals surface area (Å²) in [6.45, 7) is 6.75. The fourth-order valence-corrected chi connectivity index (χ4v) is 2.98. The lowest BCUT2D eigenvalue weighted by Crippen LogP contribution is -2.24. The smallest absolute Gasteiger partial charge is 0.266 e. The number of rotatable bonds is 2. The van der Waals surface area contributed by atoms with Gasteiger partial charge in [0.15, 0.2) is 0 Å². The molecule has 0 N–H and O–H groups in total. The molecule has 0 unspecified atom stereocenters. The van der Waals surface area contributed by atoms with E-state index in [9.17, 15) is 4.79 Å². The Kier molecular flexibility index (Phi) is 4.27. The largest absolute Gasteiger partial charge is 0.282 e. The molecule has 0 aliphatic rings. The zero-order valence-electron chi connectivity index (χ0n) is 10.8. The Balaban J connectivity index is 2.30. The number of halogens is 2. The number of thiazole rings is 1. The van der Waals surface area contributed by atoms with Crippen molar-refractivity contribution in [1.29, 1.82) is 0 Å². The first-order valence-corrected chi connectivity index (χ1v) is 8.11. The second-order valence-corrected chi connectivity index (χ2v) is 7.74. The van der Waals surface area contributed by atoms with Gasteiger partial charge in [-0.3, -0.25) is 4.79 Å². The molecule has 0 bridgehead atoms. The summed E-state index contributed by atoms with van der Waals surface area (Å²) in [5, 5.41) is 7.02. The minimum Gasteiger partial charge on any atom is -0.266 e. The Morgan fingerprint density at radius 3 is 2.63 bits per heavy atom. The minimum atomic E-state index is -0.165. The molecule has 0 aliphatic heterocycles. The molecular weight excluding hydrogens is 394 g/mol. The van der Waals surface area contributed by atoms with Crippen LogP contribution in [0.2, 0.25) is 0 Å². The van der Waals surface area contributed by atoms with Gasteiger partial charge in [-0.25, -0.2) is 9.67 Å². The van der Waals surface area contributed by atoms with Gasteiger partial charge in [-0.15, -0.1) is 11.3 Å². The van der Waals surface area contributed by atoms with Crippen molar-refractivity contribution in [3.05, 3.63) is 41.6 Å². The van der Waals surface area contributed by atoms with Crippen LogP contribution >= 0.6 is 43.2 Å². The fourth-order valence-electron chi connectivity index (χ4n) is 1.41. The molecule has 0 saturated heterocycles. The van der Waals surface area contributed by atoms with Crippen LogP contribution in [0.25, 0.3) is 0 Å². The molecule has 2 heterocycles. The second kappa shape index (κ2) is 5.46. The summed E-state index contributed by atoms with van der Waals surface area (Å²) in [6, 6.07) is 0. The van der Waals surface area contributed by atoms with Crippen LogP contribution in [0, 0.1) is 0 Å². The molecule has 2 rings (SSSR count). The quantitative estimate of drug-likeness (QED) is 0.765. The van der Waals surface area contributed by atoms with Crippen molar-refractivity contribution in [2.75, 3.05) is 0 Å². The van der Waals surface area contributed by atoms with E-state index in [-0.39, 0.29) is 11.0 Å². The third-order valence-corrected chi connectivity index (χ3v) is 5.28. The van der Waals surface area contributed by atoms with E-state index < -0.39 is 0 Å². The lowest BCUT2D eigenvalue weighted by atomic mass is 9.93. The van der Waals surface area contributed by atoms with Crippen molar-refractivity contribution in [1.82, 2.24) is 14.8 Å². The Hall–Kier alpha value is -0.530. The van der Waals surface area contributed by atoms with Crippen LogP contribution in [0.4, 0.5) is 0 Å². The monoisotopic (exact) mass is 405 g/mol. The lowest BCUT2D eigenvalue weighted by Gasteiger charge is -2.14. The molecule has 0 aliphatic carbocycles. The second-order valence-electron chi connectivity index (χ2n) is 5.15. The molecule has 0 spiro atoms.